The van der Waals surface area contributed by atoms with Gasteiger partial charge in [-0.1, -0.05) is 0 Å². The van der Waals surface area contributed by atoms with Gasteiger partial charge in [0.1, 0.15) is 0 Å². The highest BCUT2D eigenvalue weighted by Gasteiger charge is 2.20. The third kappa shape index (κ3) is 6.21. The number of rotatable bonds is 6. The van der Waals surface area contributed by atoms with E-state index in [0.29, 0.717) is 26.1 Å². The molecule has 7 nitrogen and oxygen atoms in total. The van der Waals surface area contributed by atoms with Gasteiger partial charge in [0, 0.05) is 38.6 Å². The van der Waals surface area contributed by atoms with Gasteiger partial charge in [0.25, 0.3) is 0 Å². The van der Waals surface area contributed by atoms with Crippen molar-refractivity contribution < 1.29 is 19.8 Å². The first-order chi connectivity index (χ1) is 9.52. The van der Waals surface area contributed by atoms with Crippen LogP contribution in [0.5, 0.6) is 0 Å². The van der Waals surface area contributed by atoms with Crippen LogP contribution in [0.4, 0.5) is 4.79 Å². The van der Waals surface area contributed by atoms with Gasteiger partial charge in [0.05, 0.1) is 6.61 Å². The fourth-order valence-electron chi connectivity index (χ4n) is 2.25. The molecular formula is C13H25N3O4. The number of carbonyl (C=O) groups is 2. The van der Waals surface area contributed by atoms with Crippen LogP contribution in [-0.4, -0.2) is 77.4 Å². The zero-order valence-electron chi connectivity index (χ0n) is 12.0. The van der Waals surface area contributed by atoms with Crippen molar-refractivity contribution in [2.24, 2.45) is 0 Å². The number of amides is 2. The minimum atomic E-state index is -0.847. The van der Waals surface area contributed by atoms with Gasteiger partial charge in [-0.15, -0.1) is 0 Å². The number of aliphatic carboxylic acids is 1. The van der Waals surface area contributed by atoms with Crippen molar-refractivity contribution in [2.75, 3.05) is 39.3 Å². The molecule has 20 heavy (non-hydrogen) atoms. The molecule has 0 bridgehead atoms. The molecule has 2 amide bonds. The van der Waals surface area contributed by atoms with Crippen LogP contribution in [-0.2, 0) is 4.79 Å². The Bertz CT molecular complexity index is 325. The quantitative estimate of drug-likeness (QED) is 0.637. The largest absolute Gasteiger partial charge is 0.481 e. The van der Waals surface area contributed by atoms with Gasteiger partial charge in [-0.3, -0.25) is 9.69 Å². The number of hydrogen-bond donors (Lipinski definition) is 3. The highest BCUT2D eigenvalue weighted by atomic mass is 16.4. The van der Waals surface area contributed by atoms with E-state index >= 15 is 0 Å². The van der Waals surface area contributed by atoms with Gasteiger partial charge >= 0.3 is 12.0 Å². The minimum absolute atomic E-state index is 0.0612. The topological polar surface area (TPSA) is 93.1 Å². The average molecular weight is 287 g/mol. The average Bonchev–Trinajstić information content (AvgIpc) is 2.62. The molecule has 1 heterocycles. The lowest BCUT2D eigenvalue weighted by Crippen LogP contribution is -2.45. The number of aliphatic hydroxyl groups excluding tert-OH is 1. The first-order valence-corrected chi connectivity index (χ1v) is 7.13. The van der Waals surface area contributed by atoms with Crippen molar-refractivity contribution >= 4 is 12.0 Å². The van der Waals surface area contributed by atoms with Gasteiger partial charge < -0.3 is 20.4 Å². The molecule has 0 saturated carbocycles. The van der Waals surface area contributed by atoms with Crippen molar-refractivity contribution in [3.8, 4) is 0 Å². The predicted molar refractivity (Wildman–Crippen MR) is 74.6 cm³/mol. The maximum Gasteiger partial charge on any atom is 0.317 e. The van der Waals surface area contributed by atoms with E-state index in [2.05, 4.69) is 10.2 Å². The number of urea groups is 1. The molecule has 1 atom stereocenters. The summed E-state index contributed by atoms with van der Waals surface area (Å²) in [7, 11) is 0. The molecule has 1 aliphatic heterocycles. The van der Waals surface area contributed by atoms with Gasteiger partial charge in [-0.2, -0.15) is 0 Å². The fraction of sp³-hybridized carbons (Fsp3) is 0.846. The maximum absolute atomic E-state index is 12.1. The SMILES string of the molecule is CC(CCC(=O)O)NC(=O)N1CCCN(CCO)CC1. The van der Waals surface area contributed by atoms with Crippen molar-refractivity contribution in [2.45, 2.75) is 32.2 Å². The minimum Gasteiger partial charge on any atom is -0.481 e. The Kier molecular flexibility index (Phi) is 7.32. The summed E-state index contributed by atoms with van der Waals surface area (Å²) in [6.07, 6.45) is 1.38. The molecule has 116 valence electrons. The second kappa shape index (κ2) is 8.76. The summed E-state index contributed by atoms with van der Waals surface area (Å²) in [6, 6.07) is -0.274. The Morgan fingerprint density at radius 2 is 2.00 bits per heavy atom. The maximum atomic E-state index is 12.1. The standard InChI is InChI=1S/C13H25N3O4/c1-11(3-4-12(18)19)14-13(20)16-6-2-5-15(7-8-16)9-10-17/h11,17H,2-10H2,1H3,(H,14,20)(H,18,19). The summed E-state index contributed by atoms with van der Waals surface area (Å²) in [5, 5.41) is 20.4. The van der Waals surface area contributed by atoms with E-state index in [0.717, 1.165) is 19.5 Å². The lowest BCUT2D eigenvalue weighted by molar-refractivity contribution is -0.137. The Morgan fingerprint density at radius 1 is 1.25 bits per heavy atom. The molecule has 7 heteroatoms. The van der Waals surface area contributed by atoms with Crippen LogP contribution in [0.2, 0.25) is 0 Å². The highest BCUT2D eigenvalue weighted by molar-refractivity contribution is 5.74. The van der Waals surface area contributed by atoms with Gasteiger partial charge in [-0.25, -0.2) is 4.79 Å². The van der Waals surface area contributed by atoms with E-state index in [-0.39, 0.29) is 25.1 Å². The number of carboxylic acids is 1. The molecule has 0 aromatic carbocycles. The van der Waals surface area contributed by atoms with Gasteiger partial charge in [-0.05, 0) is 26.3 Å². The number of carboxylic acid groups (broad SMARTS) is 1. The second-order valence-corrected chi connectivity index (χ2v) is 5.19. The molecule has 1 saturated heterocycles. The van der Waals surface area contributed by atoms with Crippen LogP contribution in [0.3, 0.4) is 0 Å². The smallest absolute Gasteiger partial charge is 0.317 e. The van der Waals surface area contributed by atoms with E-state index in [1.807, 2.05) is 6.92 Å². The Hall–Kier alpha value is -1.34. The van der Waals surface area contributed by atoms with Crippen LogP contribution in [0.15, 0.2) is 0 Å². The zero-order valence-corrected chi connectivity index (χ0v) is 12.0. The van der Waals surface area contributed by atoms with Gasteiger partial charge in [0.2, 0.25) is 0 Å². The number of aliphatic hydroxyl groups is 1. The summed E-state index contributed by atoms with van der Waals surface area (Å²) in [5.74, 6) is -0.847. The third-order valence-corrected chi connectivity index (χ3v) is 3.45. The first kappa shape index (κ1) is 16.7. The van der Waals surface area contributed by atoms with E-state index in [4.69, 9.17) is 10.2 Å². The summed E-state index contributed by atoms with van der Waals surface area (Å²) in [5.41, 5.74) is 0. The highest BCUT2D eigenvalue weighted by Crippen LogP contribution is 2.04. The second-order valence-electron chi connectivity index (χ2n) is 5.19. The molecule has 0 spiro atoms. The Morgan fingerprint density at radius 3 is 2.65 bits per heavy atom. The molecule has 3 N–H and O–H groups in total. The summed E-state index contributed by atoms with van der Waals surface area (Å²) >= 11 is 0. The first-order valence-electron chi connectivity index (χ1n) is 7.13. The molecule has 0 aromatic heterocycles. The van der Waals surface area contributed by atoms with Crippen LogP contribution < -0.4 is 5.32 Å². The van der Waals surface area contributed by atoms with Crippen molar-refractivity contribution in [3.05, 3.63) is 0 Å². The lowest BCUT2D eigenvalue weighted by atomic mass is 10.2. The Balaban J connectivity index is 2.33. The van der Waals surface area contributed by atoms with Crippen LogP contribution in [0.1, 0.15) is 26.2 Å². The summed E-state index contributed by atoms with van der Waals surface area (Å²) in [4.78, 5) is 26.5. The third-order valence-electron chi connectivity index (χ3n) is 3.45. The van der Waals surface area contributed by atoms with Gasteiger partial charge in [0.15, 0.2) is 0 Å². The Labute approximate surface area is 119 Å². The summed E-state index contributed by atoms with van der Waals surface area (Å²) < 4.78 is 0. The van der Waals surface area contributed by atoms with E-state index in [1.165, 1.54) is 0 Å². The van der Waals surface area contributed by atoms with Crippen molar-refractivity contribution in [1.29, 1.82) is 0 Å². The van der Waals surface area contributed by atoms with Crippen LogP contribution >= 0.6 is 0 Å². The molecule has 1 rings (SSSR count). The summed E-state index contributed by atoms with van der Waals surface area (Å²) in [6.45, 7) is 5.58. The molecule has 0 aliphatic carbocycles. The normalized spacial score (nSPS) is 18.4. The molecule has 0 aromatic rings. The monoisotopic (exact) mass is 287 g/mol. The van der Waals surface area contributed by atoms with E-state index in [9.17, 15) is 9.59 Å². The number of carbonyl (C=O) groups excluding carboxylic acids is 1. The predicted octanol–water partition coefficient (Wildman–Crippen LogP) is -0.0507. The van der Waals surface area contributed by atoms with Crippen molar-refractivity contribution in [3.63, 3.8) is 0 Å². The molecule has 1 aliphatic rings. The zero-order chi connectivity index (χ0) is 15.0. The number of hydrogen-bond acceptors (Lipinski definition) is 4. The number of β-amino-alcohol motifs (C(OH)–C–C–N with tert-alkyl or cyclic N) is 1. The van der Waals surface area contributed by atoms with Crippen molar-refractivity contribution in [1.82, 2.24) is 15.1 Å². The van der Waals surface area contributed by atoms with Crippen LogP contribution in [0.25, 0.3) is 0 Å². The molecular weight excluding hydrogens is 262 g/mol. The van der Waals surface area contributed by atoms with Crippen LogP contribution in [0, 0.1) is 0 Å². The molecule has 0 radical (unpaired) electrons. The number of nitrogens with one attached hydrogen (secondary N) is 1. The molecule has 1 unspecified atom stereocenters. The molecule has 1 fully saturated rings. The number of nitrogens with zero attached hydrogens (tertiary/aromatic N) is 2. The lowest BCUT2D eigenvalue weighted by Gasteiger charge is -2.24. The fourth-order valence-corrected chi connectivity index (χ4v) is 2.25. The van der Waals surface area contributed by atoms with E-state index < -0.39 is 5.97 Å². The van der Waals surface area contributed by atoms with E-state index in [1.54, 1.807) is 4.90 Å².